The van der Waals surface area contributed by atoms with Crippen molar-refractivity contribution in [1.82, 2.24) is 0 Å². The third-order valence-electron chi connectivity index (χ3n) is 0.0891. The molecule has 24 valence electrons. The Kier molecular flexibility index (Phi) is 3.21. The van der Waals surface area contributed by atoms with Crippen LogP contribution in [0, 0.1) is 6.07 Å². The summed E-state index contributed by atoms with van der Waals surface area (Å²) in [6.45, 7) is 0. The zero-order valence-electron chi connectivity index (χ0n) is 2.36. The van der Waals surface area contributed by atoms with Gasteiger partial charge in [0.15, 0.2) is 11.6 Å². The largest absolute Gasteiger partial charge is 0.335 e. The SMILES string of the molecule is CO[CH+]Cl. The standard InChI is InChI=1S/C2H4ClO/c1-4-2-3/h2H,1H3/q+1. The highest BCUT2D eigenvalue weighted by Crippen LogP contribution is 1.77. The number of methoxy groups -OCH3 is 1. The second-order valence-corrected chi connectivity index (χ2v) is 0.503. The van der Waals surface area contributed by atoms with Gasteiger partial charge in [0.2, 0.25) is 0 Å². The van der Waals surface area contributed by atoms with Crippen LogP contribution in [0.25, 0.3) is 0 Å². The Bertz CT molecular complexity index is 8.00. The molecular weight excluding hydrogens is 75.5 g/mol. The van der Waals surface area contributed by atoms with Crippen LogP contribution >= 0.6 is 11.6 Å². The molecule has 0 radical (unpaired) electrons. The summed E-state index contributed by atoms with van der Waals surface area (Å²) in [4.78, 5) is 0. The zero-order valence-corrected chi connectivity index (χ0v) is 3.12. The predicted molar refractivity (Wildman–Crippen MR) is 17.2 cm³/mol. The molecule has 4 heavy (non-hydrogen) atoms. The van der Waals surface area contributed by atoms with Gasteiger partial charge in [0.25, 0.3) is 0 Å². The highest BCUT2D eigenvalue weighted by atomic mass is 35.5. The average Bonchev–Trinajstić information content (AvgIpc) is 1.37. The zero-order chi connectivity index (χ0) is 3.41. The minimum Gasteiger partial charge on any atom is -0.178 e. The molecule has 1 nitrogen and oxygen atoms in total. The topological polar surface area (TPSA) is 9.23 Å². The monoisotopic (exact) mass is 79.0 g/mol. The van der Waals surface area contributed by atoms with E-state index >= 15 is 0 Å². The van der Waals surface area contributed by atoms with Gasteiger partial charge < -0.3 is 0 Å². The first-order chi connectivity index (χ1) is 1.91. The lowest BCUT2D eigenvalue weighted by Crippen LogP contribution is -1.59. The first kappa shape index (κ1) is 4.12. The van der Waals surface area contributed by atoms with Crippen molar-refractivity contribution in [3.8, 4) is 0 Å². The molecule has 0 aliphatic carbocycles. The van der Waals surface area contributed by atoms with Crippen LogP contribution in [0.4, 0.5) is 0 Å². The van der Waals surface area contributed by atoms with Crippen molar-refractivity contribution in [3.05, 3.63) is 6.07 Å². The van der Waals surface area contributed by atoms with Crippen LogP contribution in [0.1, 0.15) is 0 Å². The molecule has 0 unspecified atom stereocenters. The second kappa shape index (κ2) is 3.12. The van der Waals surface area contributed by atoms with E-state index < -0.39 is 0 Å². The lowest BCUT2D eigenvalue weighted by molar-refractivity contribution is 0.312. The molecular formula is C2H4ClO+. The molecule has 0 amide bonds. The summed E-state index contributed by atoms with van der Waals surface area (Å²) in [6.07, 6.45) is 0. The third kappa shape index (κ3) is 2.12. The summed E-state index contributed by atoms with van der Waals surface area (Å²) in [5.41, 5.74) is 0. The van der Waals surface area contributed by atoms with Gasteiger partial charge in [0.05, 0.1) is 7.11 Å². The van der Waals surface area contributed by atoms with Crippen LogP contribution in [0.5, 0.6) is 0 Å². The second-order valence-electron chi connectivity index (χ2n) is 0.325. The quantitative estimate of drug-likeness (QED) is 0.426. The van der Waals surface area contributed by atoms with Gasteiger partial charge >= 0.3 is 6.07 Å². The van der Waals surface area contributed by atoms with Gasteiger partial charge in [-0.1, -0.05) is 0 Å². The van der Waals surface area contributed by atoms with E-state index in [1.165, 1.54) is 7.11 Å². The first-order valence-corrected chi connectivity index (χ1v) is 1.30. The van der Waals surface area contributed by atoms with Gasteiger partial charge in [-0.05, 0) is 0 Å². The number of rotatable bonds is 1. The van der Waals surface area contributed by atoms with Crippen molar-refractivity contribution < 1.29 is 4.74 Å². The van der Waals surface area contributed by atoms with Crippen molar-refractivity contribution in [2.24, 2.45) is 0 Å². The Hall–Kier alpha value is 0.120. The van der Waals surface area contributed by atoms with Crippen molar-refractivity contribution >= 4 is 11.6 Å². The number of ether oxygens (including phenoxy) is 1. The smallest absolute Gasteiger partial charge is 0.178 e. The molecule has 0 bridgehead atoms. The number of hydrogen-bond acceptors (Lipinski definition) is 1. The van der Waals surface area contributed by atoms with E-state index in [1.54, 1.807) is 0 Å². The predicted octanol–water partition coefficient (Wildman–Crippen LogP) is 0.991. The maximum atomic E-state index is 4.84. The normalized spacial score (nSPS) is 6.50. The van der Waals surface area contributed by atoms with E-state index in [2.05, 4.69) is 4.74 Å². The molecule has 0 saturated heterocycles. The molecule has 0 spiro atoms. The molecule has 0 aliphatic rings. The molecule has 0 heterocycles. The van der Waals surface area contributed by atoms with E-state index in [0.717, 1.165) is 6.07 Å². The molecule has 0 fully saturated rings. The van der Waals surface area contributed by atoms with Gasteiger partial charge in [0, 0.05) is 0 Å². The Balaban J connectivity index is 1.97. The van der Waals surface area contributed by atoms with E-state index in [9.17, 15) is 0 Å². The van der Waals surface area contributed by atoms with Crippen LogP contribution in [0.3, 0.4) is 0 Å². The summed E-state index contributed by atoms with van der Waals surface area (Å²) in [5.74, 6) is 0. The van der Waals surface area contributed by atoms with Crippen LogP contribution in [-0.4, -0.2) is 7.11 Å². The fraction of sp³-hybridized carbons (Fsp3) is 0.500. The van der Waals surface area contributed by atoms with E-state index in [1.807, 2.05) is 0 Å². The Labute approximate surface area is 30.5 Å². The average molecular weight is 79.5 g/mol. The van der Waals surface area contributed by atoms with Crippen molar-refractivity contribution in [2.75, 3.05) is 7.11 Å². The molecule has 0 rings (SSSR count). The lowest BCUT2D eigenvalue weighted by Gasteiger charge is -1.55. The molecule has 0 saturated carbocycles. The summed E-state index contributed by atoms with van der Waals surface area (Å²) < 4.78 is 4.18. The van der Waals surface area contributed by atoms with Gasteiger partial charge in [-0.2, -0.15) is 4.74 Å². The van der Waals surface area contributed by atoms with Gasteiger partial charge in [-0.15, -0.1) is 0 Å². The molecule has 0 atom stereocenters. The lowest BCUT2D eigenvalue weighted by atomic mass is 11.5. The van der Waals surface area contributed by atoms with Gasteiger partial charge in [-0.3, -0.25) is 0 Å². The summed E-state index contributed by atoms with van der Waals surface area (Å²) >= 11 is 4.84. The Morgan fingerprint density at radius 1 is 2.00 bits per heavy atom. The Morgan fingerprint density at radius 3 is 2.25 bits per heavy atom. The minimum absolute atomic E-state index is 1.10. The fourth-order valence-electron chi connectivity index (χ4n) is 0. The van der Waals surface area contributed by atoms with Crippen molar-refractivity contribution in [1.29, 1.82) is 0 Å². The summed E-state index contributed by atoms with van der Waals surface area (Å²) in [5, 5.41) is 0. The molecule has 0 N–H and O–H groups in total. The molecule has 0 aliphatic heterocycles. The summed E-state index contributed by atoms with van der Waals surface area (Å²) in [7, 11) is 1.49. The molecule has 0 aromatic rings. The number of halogens is 1. The highest BCUT2D eigenvalue weighted by molar-refractivity contribution is 6.21. The van der Waals surface area contributed by atoms with Crippen molar-refractivity contribution in [3.63, 3.8) is 0 Å². The minimum atomic E-state index is 1.10. The molecule has 0 aromatic heterocycles. The van der Waals surface area contributed by atoms with Crippen LogP contribution in [0.2, 0.25) is 0 Å². The maximum Gasteiger partial charge on any atom is 0.335 e. The first-order valence-electron chi connectivity index (χ1n) is 0.862. The van der Waals surface area contributed by atoms with Crippen LogP contribution < -0.4 is 0 Å². The van der Waals surface area contributed by atoms with Crippen LogP contribution in [0.15, 0.2) is 0 Å². The molecule has 2 heteroatoms. The summed E-state index contributed by atoms with van der Waals surface area (Å²) in [6, 6.07) is 1.10. The van der Waals surface area contributed by atoms with E-state index in [-0.39, 0.29) is 0 Å². The fourth-order valence-corrected chi connectivity index (χ4v) is 0. The number of hydrogen-bond donors (Lipinski definition) is 0. The van der Waals surface area contributed by atoms with Crippen LogP contribution in [-0.2, 0) is 4.74 Å². The Morgan fingerprint density at radius 2 is 2.25 bits per heavy atom. The van der Waals surface area contributed by atoms with E-state index in [4.69, 9.17) is 11.6 Å². The third-order valence-corrected chi connectivity index (χ3v) is 0.267. The van der Waals surface area contributed by atoms with Crippen molar-refractivity contribution in [2.45, 2.75) is 0 Å². The molecule has 0 aromatic carbocycles. The van der Waals surface area contributed by atoms with Gasteiger partial charge in [0.1, 0.15) is 0 Å². The highest BCUT2D eigenvalue weighted by Gasteiger charge is 1.74. The maximum absolute atomic E-state index is 4.84. The van der Waals surface area contributed by atoms with Gasteiger partial charge in [-0.25, -0.2) is 0 Å². The van der Waals surface area contributed by atoms with E-state index in [0.29, 0.717) is 0 Å².